The molecule has 0 aliphatic heterocycles. The average molecular weight is 287 g/mol. The Labute approximate surface area is 114 Å². The van der Waals surface area contributed by atoms with Crippen molar-refractivity contribution in [2.45, 2.75) is 18.9 Å². The van der Waals surface area contributed by atoms with Gasteiger partial charge in [0, 0.05) is 24.5 Å². The zero-order valence-corrected chi connectivity index (χ0v) is 11.0. The van der Waals surface area contributed by atoms with E-state index in [0.717, 1.165) is 17.8 Å². The van der Waals surface area contributed by atoms with E-state index in [0.29, 0.717) is 6.42 Å². The van der Waals surface area contributed by atoms with Crippen LogP contribution in [-0.4, -0.2) is 14.9 Å². The molecule has 1 aromatic heterocycles. The number of aliphatic hydroxyl groups excluding tert-OH is 1. The maximum atomic E-state index is 13.6. The van der Waals surface area contributed by atoms with Crippen molar-refractivity contribution in [1.29, 1.82) is 0 Å². The van der Waals surface area contributed by atoms with E-state index < -0.39 is 17.7 Å². The minimum Gasteiger partial charge on any atom is -0.388 e. The summed E-state index contributed by atoms with van der Waals surface area (Å²) in [4.78, 5) is 0. The zero-order chi connectivity index (χ0) is 14.0. The average Bonchev–Trinajstić information content (AvgIpc) is 2.76. The van der Waals surface area contributed by atoms with Crippen molar-refractivity contribution in [2.24, 2.45) is 7.05 Å². The highest BCUT2D eigenvalue weighted by Gasteiger charge is 2.16. The van der Waals surface area contributed by atoms with Crippen LogP contribution in [-0.2, 0) is 13.5 Å². The van der Waals surface area contributed by atoms with E-state index in [9.17, 15) is 13.9 Å². The molecule has 2 aromatic rings. The molecule has 1 N–H and O–H groups in total. The fraction of sp³-hybridized carbons (Fsp3) is 0.308. The molecular formula is C13H13ClF2N2O. The SMILES string of the molecule is Cn1nccc1CCC(O)c1cc(F)c(Cl)cc1F. The largest absolute Gasteiger partial charge is 0.388 e. The lowest BCUT2D eigenvalue weighted by Crippen LogP contribution is -2.06. The van der Waals surface area contributed by atoms with Crippen molar-refractivity contribution >= 4 is 11.6 Å². The standard InChI is InChI=1S/C13H13ClF2N2O/c1-18-8(4-5-17-18)2-3-13(19)9-6-12(16)10(14)7-11(9)15/h4-7,13,19H,2-3H2,1H3. The van der Waals surface area contributed by atoms with E-state index in [1.165, 1.54) is 0 Å². The van der Waals surface area contributed by atoms with Crippen LogP contribution < -0.4 is 0 Å². The van der Waals surface area contributed by atoms with Gasteiger partial charge in [-0.1, -0.05) is 11.6 Å². The molecule has 6 heteroatoms. The highest BCUT2D eigenvalue weighted by Crippen LogP contribution is 2.26. The molecule has 0 amide bonds. The van der Waals surface area contributed by atoms with Gasteiger partial charge in [-0.15, -0.1) is 0 Å². The summed E-state index contributed by atoms with van der Waals surface area (Å²) in [5, 5.41) is 13.6. The van der Waals surface area contributed by atoms with Gasteiger partial charge < -0.3 is 5.11 Å². The molecule has 1 heterocycles. The summed E-state index contributed by atoms with van der Waals surface area (Å²) in [6, 6.07) is 3.62. The molecule has 0 bridgehead atoms. The normalized spacial score (nSPS) is 12.7. The van der Waals surface area contributed by atoms with Crippen LogP contribution >= 0.6 is 11.6 Å². The Hall–Kier alpha value is -1.46. The van der Waals surface area contributed by atoms with Gasteiger partial charge in [0.2, 0.25) is 0 Å². The van der Waals surface area contributed by atoms with Crippen molar-refractivity contribution in [1.82, 2.24) is 9.78 Å². The number of rotatable bonds is 4. The molecule has 19 heavy (non-hydrogen) atoms. The van der Waals surface area contributed by atoms with E-state index in [1.54, 1.807) is 17.9 Å². The first-order chi connectivity index (χ1) is 8.99. The summed E-state index contributed by atoms with van der Waals surface area (Å²) < 4.78 is 28.5. The van der Waals surface area contributed by atoms with Crippen molar-refractivity contribution in [3.05, 3.63) is 52.3 Å². The first-order valence-corrected chi connectivity index (χ1v) is 6.16. The summed E-state index contributed by atoms with van der Waals surface area (Å²) in [5.41, 5.74) is 0.831. The Morgan fingerprint density at radius 1 is 1.37 bits per heavy atom. The number of aliphatic hydroxyl groups is 1. The highest BCUT2D eigenvalue weighted by molar-refractivity contribution is 6.30. The van der Waals surface area contributed by atoms with Crippen LogP contribution in [0.4, 0.5) is 8.78 Å². The van der Waals surface area contributed by atoms with E-state index in [1.807, 2.05) is 6.07 Å². The molecule has 1 aromatic carbocycles. The molecule has 0 fully saturated rings. The third kappa shape index (κ3) is 3.11. The molecule has 1 atom stereocenters. The van der Waals surface area contributed by atoms with E-state index in [2.05, 4.69) is 5.10 Å². The number of halogens is 3. The lowest BCUT2D eigenvalue weighted by molar-refractivity contribution is 0.162. The van der Waals surface area contributed by atoms with Gasteiger partial charge in [0.05, 0.1) is 11.1 Å². The van der Waals surface area contributed by atoms with Crippen molar-refractivity contribution in [3.8, 4) is 0 Å². The fourth-order valence-electron chi connectivity index (χ4n) is 1.88. The molecule has 1 unspecified atom stereocenters. The quantitative estimate of drug-likeness (QED) is 0.878. The van der Waals surface area contributed by atoms with Crippen LogP contribution in [0, 0.1) is 11.6 Å². The van der Waals surface area contributed by atoms with Gasteiger partial charge in [-0.05, 0) is 31.0 Å². The molecule has 0 spiro atoms. The van der Waals surface area contributed by atoms with Gasteiger partial charge in [0.15, 0.2) is 0 Å². The Morgan fingerprint density at radius 3 is 2.74 bits per heavy atom. The highest BCUT2D eigenvalue weighted by atomic mass is 35.5. The lowest BCUT2D eigenvalue weighted by atomic mass is 10.0. The van der Waals surface area contributed by atoms with Gasteiger partial charge >= 0.3 is 0 Å². The van der Waals surface area contributed by atoms with Gasteiger partial charge in [-0.2, -0.15) is 5.10 Å². The molecule has 0 saturated heterocycles. The Morgan fingerprint density at radius 2 is 2.11 bits per heavy atom. The monoisotopic (exact) mass is 286 g/mol. The topological polar surface area (TPSA) is 38.0 Å². The first-order valence-electron chi connectivity index (χ1n) is 5.78. The lowest BCUT2D eigenvalue weighted by Gasteiger charge is -2.12. The minimum absolute atomic E-state index is 0.0796. The molecule has 0 radical (unpaired) electrons. The van der Waals surface area contributed by atoms with Crippen LogP contribution in [0.3, 0.4) is 0 Å². The maximum Gasteiger partial charge on any atom is 0.142 e. The maximum absolute atomic E-state index is 13.6. The van der Waals surface area contributed by atoms with Gasteiger partial charge in [0.1, 0.15) is 11.6 Å². The number of benzene rings is 1. The molecule has 2 rings (SSSR count). The predicted octanol–water partition coefficient (Wildman–Crippen LogP) is 3.02. The Balaban J connectivity index is 2.10. The zero-order valence-electron chi connectivity index (χ0n) is 10.3. The second kappa shape index (κ2) is 5.67. The molecule has 3 nitrogen and oxygen atoms in total. The minimum atomic E-state index is -1.08. The number of hydrogen-bond donors (Lipinski definition) is 1. The number of nitrogens with zero attached hydrogens (tertiary/aromatic N) is 2. The Kier molecular flexibility index (Phi) is 4.17. The fourth-order valence-corrected chi connectivity index (χ4v) is 2.03. The van der Waals surface area contributed by atoms with Crippen molar-refractivity contribution in [2.75, 3.05) is 0 Å². The van der Waals surface area contributed by atoms with Gasteiger partial charge in [-0.25, -0.2) is 8.78 Å². The third-order valence-electron chi connectivity index (χ3n) is 2.99. The summed E-state index contributed by atoms with van der Waals surface area (Å²) in [6.45, 7) is 0. The summed E-state index contributed by atoms with van der Waals surface area (Å²) in [6.07, 6.45) is 1.35. The van der Waals surface area contributed by atoms with E-state index in [4.69, 9.17) is 11.6 Å². The molecular weight excluding hydrogens is 274 g/mol. The van der Waals surface area contributed by atoms with Crippen LogP contribution in [0.5, 0.6) is 0 Å². The Bertz CT molecular complexity index is 586. The van der Waals surface area contributed by atoms with E-state index >= 15 is 0 Å². The van der Waals surface area contributed by atoms with Crippen LogP contribution in [0.25, 0.3) is 0 Å². The van der Waals surface area contributed by atoms with E-state index in [-0.39, 0.29) is 17.0 Å². The predicted molar refractivity (Wildman–Crippen MR) is 67.9 cm³/mol. The molecule has 0 aliphatic carbocycles. The van der Waals surface area contributed by atoms with Gasteiger partial charge in [0.25, 0.3) is 0 Å². The number of hydrogen-bond acceptors (Lipinski definition) is 2. The van der Waals surface area contributed by atoms with Crippen LogP contribution in [0.15, 0.2) is 24.4 Å². The summed E-state index contributed by atoms with van der Waals surface area (Å²) >= 11 is 5.46. The van der Waals surface area contributed by atoms with Crippen molar-refractivity contribution < 1.29 is 13.9 Å². The molecule has 0 saturated carbocycles. The third-order valence-corrected chi connectivity index (χ3v) is 3.28. The summed E-state index contributed by atoms with van der Waals surface area (Å²) in [5.74, 6) is -1.44. The van der Waals surface area contributed by atoms with Crippen LogP contribution in [0.2, 0.25) is 5.02 Å². The molecule has 102 valence electrons. The van der Waals surface area contributed by atoms with Gasteiger partial charge in [-0.3, -0.25) is 4.68 Å². The summed E-state index contributed by atoms with van der Waals surface area (Å²) in [7, 11) is 1.78. The molecule has 0 aliphatic rings. The van der Waals surface area contributed by atoms with Crippen molar-refractivity contribution in [3.63, 3.8) is 0 Å². The second-order valence-corrected chi connectivity index (χ2v) is 4.70. The number of aromatic nitrogens is 2. The first kappa shape index (κ1) is 14.0. The smallest absolute Gasteiger partial charge is 0.142 e. The number of aryl methyl sites for hydroxylation is 2. The second-order valence-electron chi connectivity index (χ2n) is 4.29. The van der Waals surface area contributed by atoms with Crippen LogP contribution in [0.1, 0.15) is 23.8 Å².